The zero-order valence-corrected chi connectivity index (χ0v) is 30.5. The number of amides is 3. The highest BCUT2D eigenvalue weighted by Gasteiger charge is 2.39. The van der Waals surface area contributed by atoms with Crippen LogP contribution >= 0.6 is 0 Å². The first-order valence-electron chi connectivity index (χ1n) is 19.5. The minimum Gasteiger partial charge on any atom is -0.508 e. The van der Waals surface area contributed by atoms with E-state index in [1.54, 1.807) is 17.0 Å². The zero-order valence-electron chi connectivity index (χ0n) is 30.5. The number of rotatable bonds is 7. The van der Waals surface area contributed by atoms with Crippen molar-refractivity contribution in [2.45, 2.75) is 50.1 Å². The van der Waals surface area contributed by atoms with E-state index in [0.717, 1.165) is 68.4 Å². The van der Waals surface area contributed by atoms with E-state index >= 15 is 0 Å². The molecule has 5 aliphatic heterocycles. The van der Waals surface area contributed by atoms with Crippen LogP contribution in [0.2, 0.25) is 0 Å². The number of hydrogen-bond donors (Lipinski definition) is 2. The molecule has 10 nitrogen and oxygen atoms in total. The summed E-state index contributed by atoms with van der Waals surface area (Å²) in [7, 11) is 0. The average Bonchev–Trinajstić information content (AvgIpc) is 3.53. The van der Waals surface area contributed by atoms with Crippen LogP contribution in [0.4, 0.5) is 11.4 Å². The SMILES string of the molecule is O=C1CC[C@H](N2Cc3cc(N4CCN(CC5CCN(c6ccc(C7c8ccc(O)cc8OC[C@@H]7c7ccccc7)cc6)CC5)CC4)ccc3C2=O)C(=O)N1. The van der Waals surface area contributed by atoms with Gasteiger partial charge in [0, 0.05) is 99.2 Å². The molecule has 10 heteroatoms. The molecule has 0 saturated carbocycles. The Hall–Kier alpha value is -5.35. The molecule has 0 radical (unpaired) electrons. The lowest BCUT2D eigenvalue weighted by Crippen LogP contribution is -2.52. The highest BCUT2D eigenvalue weighted by atomic mass is 16.5. The Morgan fingerprint density at radius 3 is 2.24 bits per heavy atom. The summed E-state index contributed by atoms with van der Waals surface area (Å²) in [5, 5.41) is 12.5. The number of carbonyl (C=O) groups excluding carboxylic acids is 3. The number of benzene rings is 4. The molecule has 3 amide bonds. The third kappa shape index (κ3) is 6.68. The maximum Gasteiger partial charge on any atom is 0.255 e. The van der Waals surface area contributed by atoms with E-state index in [0.29, 0.717) is 31.1 Å². The number of anilines is 2. The molecule has 278 valence electrons. The van der Waals surface area contributed by atoms with Crippen LogP contribution in [0.1, 0.15) is 70.1 Å². The van der Waals surface area contributed by atoms with Gasteiger partial charge >= 0.3 is 0 Å². The molecule has 3 fully saturated rings. The molecular formula is C44H47N5O5. The smallest absolute Gasteiger partial charge is 0.255 e. The quantitative estimate of drug-likeness (QED) is 0.241. The number of piperidine rings is 2. The number of fused-ring (bicyclic) bond motifs is 2. The Labute approximate surface area is 316 Å². The van der Waals surface area contributed by atoms with Crippen LogP contribution in [0.5, 0.6) is 11.5 Å². The number of aromatic hydroxyl groups is 1. The maximum atomic E-state index is 13.1. The Morgan fingerprint density at radius 2 is 1.48 bits per heavy atom. The van der Waals surface area contributed by atoms with Crippen molar-refractivity contribution in [3.05, 3.63) is 119 Å². The average molecular weight is 726 g/mol. The van der Waals surface area contributed by atoms with Crippen LogP contribution in [0.15, 0.2) is 91.0 Å². The van der Waals surface area contributed by atoms with Crippen molar-refractivity contribution in [2.75, 3.05) is 62.2 Å². The first-order chi connectivity index (χ1) is 26.4. The van der Waals surface area contributed by atoms with Crippen LogP contribution in [0.3, 0.4) is 0 Å². The van der Waals surface area contributed by atoms with Gasteiger partial charge in [-0.15, -0.1) is 0 Å². The van der Waals surface area contributed by atoms with Crippen molar-refractivity contribution in [3.63, 3.8) is 0 Å². The third-order valence-electron chi connectivity index (χ3n) is 12.4. The summed E-state index contributed by atoms with van der Waals surface area (Å²) in [6.07, 6.45) is 2.99. The van der Waals surface area contributed by atoms with Crippen LogP contribution in [0.25, 0.3) is 0 Å². The highest BCUT2D eigenvalue weighted by molar-refractivity contribution is 6.05. The molecule has 0 bridgehead atoms. The van der Waals surface area contributed by atoms with E-state index in [9.17, 15) is 19.5 Å². The molecule has 0 spiro atoms. The molecule has 4 aromatic carbocycles. The lowest BCUT2D eigenvalue weighted by molar-refractivity contribution is -0.136. The molecular weight excluding hydrogens is 679 g/mol. The molecule has 0 aromatic heterocycles. The fourth-order valence-corrected chi connectivity index (χ4v) is 9.38. The van der Waals surface area contributed by atoms with Gasteiger partial charge in [-0.2, -0.15) is 0 Å². The Bertz CT molecular complexity index is 2040. The van der Waals surface area contributed by atoms with Gasteiger partial charge < -0.3 is 24.5 Å². The molecule has 5 heterocycles. The zero-order chi connectivity index (χ0) is 36.8. The lowest BCUT2D eigenvalue weighted by atomic mass is 9.76. The fraction of sp³-hybridized carbons (Fsp3) is 0.386. The predicted molar refractivity (Wildman–Crippen MR) is 207 cm³/mol. The van der Waals surface area contributed by atoms with Gasteiger partial charge in [0.25, 0.3) is 5.91 Å². The van der Waals surface area contributed by atoms with Gasteiger partial charge in [0.2, 0.25) is 11.8 Å². The van der Waals surface area contributed by atoms with E-state index in [1.807, 2.05) is 18.2 Å². The van der Waals surface area contributed by atoms with Crippen molar-refractivity contribution in [2.24, 2.45) is 5.92 Å². The standard InChI is InChI=1S/C44H47N5O5/c50-35-11-13-37-40(25-35)54-28-38(30-4-2-1-3-5-30)42(37)31-6-8-33(9-7-31)47-18-16-29(17-19-47)26-46-20-22-48(23-21-46)34-10-12-36-32(24-34)27-49(44(36)53)39-14-15-41(51)45-43(39)52/h1-13,24-25,29,38-39,42,50H,14-23,26-28H2,(H,45,51,52)/t38-,39+,42?/m1/s1. The first kappa shape index (κ1) is 34.4. The molecule has 54 heavy (non-hydrogen) atoms. The van der Waals surface area contributed by atoms with Gasteiger partial charge in [0.05, 0.1) is 6.61 Å². The van der Waals surface area contributed by atoms with E-state index < -0.39 is 6.04 Å². The number of carbonyl (C=O) groups is 3. The van der Waals surface area contributed by atoms with Crippen molar-refractivity contribution < 1.29 is 24.2 Å². The van der Waals surface area contributed by atoms with Crippen molar-refractivity contribution in [1.29, 1.82) is 0 Å². The first-order valence-corrected chi connectivity index (χ1v) is 19.5. The van der Waals surface area contributed by atoms with Crippen LogP contribution in [-0.2, 0) is 16.1 Å². The summed E-state index contributed by atoms with van der Waals surface area (Å²) in [6.45, 7) is 8.12. The Balaban J connectivity index is 0.780. The van der Waals surface area contributed by atoms with Crippen molar-refractivity contribution in [1.82, 2.24) is 15.1 Å². The predicted octanol–water partition coefficient (Wildman–Crippen LogP) is 5.50. The number of piperazine rings is 1. The number of nitrogens with zero attached hydrogens (tertiary/aromatic N) is 4. The third-order valence-corrected chi connectivity index (χ3v) is 12.4. The van der Waals surface area contributed by atoms with Crippen LogP contribution in [-0.4, -0.2) is 91.1 Å². The monoisotopic (exact) mass is 725 g/mol. The summed E-state index contributed by atoms with van der Waals surface area (Å²) in [4.78, 5) is 46.4. The topological polar surface area (TPSA) is 106 Å². The number of nitrogens with one attached hydrogen (secondary N) is 1. The summed E-state index contributed by atoms with van der Waals surface area (Å²) >= 11 is 0. The second-order valence-electron chi connectivity index (χ2n) is 15.6. The van der Waals surface area contributed by atoms with E-state index in [2.05, 4.69) is 80.7 Å². The molecule has 3 saturated heterocycles. The van der Waals surface area contributed by atoms with Crippen molar-refractivity contribution >= 4 is 29.1 Å². The van der Waals surface area contributed by atoms with Gasteiger partial charge in [0.1, 0.15) is 17.5 Å². The molecule has 5 aliphatic rings. The Kier molecular flexibility index (Phi) is 9.22. The van der Waals surface area contributed by atoms with Gasteiger partial charge in [-0.1, -0.05) is 48.5 Å². The summed E-state index contributed by atoms with van der Waals surface area (Å²) < 4.78 is 6.17. The van der Waals surface area contributed by atoms with E-state index in [1.165, 1.54) is 29.7 Å². The molecule has 2 N–H and O–H groups in total. The number of ether oxygens (including phenoxy) is 1. The second-order valence-corrected chi connectivity index (χ2v) is 15.6. The van der Waals surface area contributed by atoms with Crippen LogP contribution in [0, 0.1) is 5.92 Å². The minimum atomic E-state index is -0.589. The lowest BCUT2D eigenvalue weighted by Gasteiger charge is -2.40. The largest absolute Gasteiger partial charge is 0.508 e. The normalized spacial score (nSPS) is 23.5. The molecule has 1 unspecified atom stereocenters. The highest BCUT2D eigenvalue weighted by Crippen LogP contribution is 2.47. The summed E-state index contributed by atoms with van der Waals surface area (Å²) in [5.74, 6) is 1.22. The van der Waals surface area contributed by atoms with E-state index in [4.69, 9.17) is 4.74 Å². The second kappa shape index (κ2) is 14.5. The van der Waals surface area contributed by atoms with Gasteiger partial charge in [-0.25, -0.2) is 0 Å². The number of phenols is 1. The van der Waals surface area contributed by atoms with E-state index in [-0.39, 0.29) is 41.7 Å². The summed E-state index contributed by atoms with van der Waals surface area (Å²) in [5.41, 5.74) is 7.65. The van der Waals surface area contributed by atoms with Crippen LogP contribution < -0.4 is 19.9 Å². The Morgan fingerprint density at radius 1 is 0.741 bits per heavy atom. The van der Waals surface area contributed by atoms with Gasteiger partial charge in [-0.3, -0.25) is 24.6 Å². The van der Waals surface area contributed by atoms with Crippen molar-refractivity contribution in [3.8, 4) is 11.5 Å². The fourth-order valence-electron chi connectivity index (χ4n) is 9.38. The number of hydrogen-bond acceptors (Lipinski definition) is 8. The molecule has 9 rings (SSSR count). The molecule has 3 atom stereocenters. The van der Waals surface area contributed by atoms with Gasteiger partial charge in [-0.05, 0) is 78.3 Å². The minimum absolute atomic E-state index is 0.125. The summed E-state index contributed by atoms with van der Waals surface area (Å²) in [6, 6.07) is 30.7. The number of imide groups is 1. The maximum absolute atomic E-state index is 13.1. The molecule has 0 aliphatic carbocycles. The number of phenolic OH excluding ortho intramolecular Hbond substituents is 1. The molecule has 4 aromatic rings. The van der Waals surface area contributed by atoms with Gasteiger partial charge in [0.15, 0.2) is 0 Å².